The van der Waals surface area contributed by atoms with E-state index in [4.69, 9.17) is 17.3 Å². The summed E-state index contributed by atoms with van der Waals surface area (Å²) < 4.78 is 26.2. The minimum Gasteiger partial charge on any atom is -0.353 e. The monoisotopic (exact) mass is 305 g/mol. The molecule has 1 aromatic rings. The van der Waals surface area contributed by atoms with Crippen molar-refractivity contribution in [2.45, 2.75) is 17.9 Å². The molecule has 4 N–H and O–H groups in total. The van der Waals surface area contributed by atoms with Crippen LogP contribution in [0.3, 0.4) is 0 Å². The van der Waals surface area contributed by atoms with Crippen molar-refractivity contribution >= 4 is 27.5 Å². The summed E-state index contributed by atoms with van der Waals surface area (Å²) in [6, 6.07) is 4.79. The molecular formula is C11H16ClN3O3S. The third-order valence-electron chi connectivity index (χ3n) is 2.29. The van der Waals surface area contributed by atoms with Crippen LogP contribution in [-0.4, -0.2) is 33.5 Å². The Labute approximate surface area is 117 Å². The molecule has 0 saturated carbocycles. The molecule has 0 radical (unpaired) electrons. The lowest BCUT2D eigenvalue weighted by atomic mass is 10.3. The highest BCUT2D eigenvalue weighted by Gasteiger charge is 2.21. The molecule has 8 heteroatoms. The Morgan fingerprint density at radius 2 is 1.95 bits per heavy atom. The summed E-state index contributed by atoms with van der Waals surface area (Å²) in [5, 5.41) is 2.94. The highest BCUT2D eigenvalue weighted by molar-refractivity contribution is 7.89. The number of rotatable bonds is 6. The average Bonchev–Trinajstić information content (AvgIpc) is 2.35. The zero-order chi connectivity index (χ0) is 14.5. The van der Waals surface area contributed by atoms with Crippen LogP contribution in [0.1, 0.15) is 6.92 Å². The summed E-state index contributed by atoms with van der Waals surface area (Å²) in [6.07, 6.45) is 0. The Balaban J connectivity index is 2.74. The molecule has 0 saturated heterocycles. The van der Waals surface area contributed by atoms with Gasteiger partial charge in [-0.1, -0.05) is 11.6 Å². The number of nitrogens with one attached hydrogen (secondary N) is 2. The van der Waals surface area contributed by atoms with Crippen LogP contribution in [0.5, 0.6) is 0 Å². The lowest BCUT2D eigenvalue weighted by Crippen LogP contribution is -2.45. The second-order valence-electron chi connectivity index (χ2n) is 3.88. The molecule has 0 aliphatic rings. The average molecular weight is 306 g/mol. The highest BCUT2D eigenvalue weighted by Crippen LogP contribution is 2.14. The lowest BCUT2D eigenvalue weighted by molar-refractivity contribution is -0.122. The van der Waals surface area contributed by atoms with E-state index in [9.17, 15) is 13.2 Å². The summed E-state index contributed by atoms with van der Waals surface area (Å²) >= 11 is 5.68. The summed E-state index contributed by atoms with van der Waals surface area (Å²) in [4.78, 5) is 11.6. The number of carbonyl (C=O) groups excluding carboxylic acids is 1. The molecule has 1 aromatic carbocycles. The van der Waals surface area contributed by atoms with Gasteiger partial charge < -0.3 is 11.1 Å². The van der Waals surface area contributed by atoms with Crippen LogP contribution in [0.15, 0.2) is 29.2 Å². The molecule has 0 spiro atoms. The minimum absolute atomic E-state index is 0.0513. The van der Waals surface area contributed by atoms with Crippen molar-refractivity contribution in [2.75, 3.05) is 13.1 Å². The van der Waals surface area contributed by atoms with Crippen molar-refractivity contribution in [1.82, 2.24) is 10.0 Å². The predicted molar refractivity (Wildman–Crippen MR) is 73.3 cm³/mol. The van der Waals surface area contributed by atoms with Crippen LogP contribution in [0.4, 0.5) is 0 Å². The van der Waals surface area contributed by atoms with Crippen molar-refractivity contribution < 1.29 is 13.2 Å². The standard InChI is InChI=1S/C11H16ClN3O3S/c1-8(11(16)14-7-6-13)15-19(17,18)10-4-2-9(12)3-5-10/h2-5,8,15H,6-7,13H2,1H3,(H,14,16). The quantitative estimate of drug-likeness (QED) is 0.693. The maximum Gasteiger partial charge on any atom is 0.241 e. The Hall–Kier alpha value is -1.15. The first-order valence-electron chi connectivity index (χ1n) is 5.62. The molecule has 0 heterocycles. The Bertz CT molecular complexity index is 531. The number of benzene rings is 1. The predicted octanol–water partition coefficient (Wildman–Crippen LogP) is 0.0817. The SMILES string of the molecule is CC(NS(=O)(=O)c1ccc(Cl)cc1)C(=O)NCCN. The van der Waals surface area contributed by atoms with Crippen LogP contribution in [0.2, 0.25) is 5.02 Å². The first-order valence-corrected chi connectivity index (χ1v) is 7.48. The van der Waals surface area contributed by atoms with Crippen molar-refractivity contribution in [2.24, 2.45) is 5.73 Å². The van der Waals surface area contributed by atoms with Gasteiger partial charge in [-0.3, -0.25) is 4.79 Å². The van der Waals surface area contributed by atoms with Gasteiger partial charge in [-0.05, 0) is 31.2 Å². The van der Waals surface area contributed by atoms with Gasteiger partial charge in [0.1, 0.15) is 0 Å². The lowest BCUT2D eigenvalue weighted by Gasteiger charge is -2.14. The summed E-state index contributed by atoms with van der Waals surface area (Å²) in [6.45, 7) is 2.05. The normalized spacial score (nSPS) is 13.0. The molecule has 0 fully saturated rings. The second-order valence-corrected chi connectivity index (χ2v) is 6.03. The fourth-order valence-electron chi connectivity index (χ4n) is 1.32. The van der Waals surface area contributed by atoms with Crippen LogP contribution in [0.25, 0.3) is 0 Å². The molecular weight excluding hydrogens is 290 g/mol. The van der Waals surface area contributed by atoms with E-state index in [1.165, 1.54) is 31.2 Å². The van der Waals surface area contributed by atoms with Gasteiger partial charge in [0.25, 0.3) is 0 Å². The van der Waals surface area contributed by atoms with Crippen molar-refractivity contribution in [3.63, 3.8) is 0 Å². The molecule has 0 aliphatic heterocycles. The zero-order valence-electron chi connectivity index (χ0n) is 10.4. The first-order chi connectivity index (χ1) is 8.86. The fourth-order valence-corrected chi connectivity index (χ4v) is 2.65. The second kappa shape index (κ2) is 6.85. The highest BCUT2D eigenvalue weighted by atomic mass is 35.5. The van der Waals surface area contributed by atoms with E-state index in [2.05, 4.69) is 10.0 Å². The third kappa shape index (κ3) is 4.79. The molecule has 1 rings (SSSR count). The van der Waals surface area contributed by atoms with E-state index in [0.717, 1.165) is 0 Å². The maximum absolute atomic E-state index is 12.0. The zero-order valence-corrected chi connectivity index (χ0v) is 12.0. The van der Waals surface area contributed by atoms with E-state index in [0.29, 0.717) is 18.1 Å². The molecule has 106 valence electrons. The number of nitrogens with two attached hydrogens (primary N) is 1. The third-order valence-corrected chi connectivity index (χ3v) is 4.10. The Morgan fingerprint density at radius 1 is 1.37 bits per heavy atom. The van der Waals surface area contributed by atoms with Gasteiger partial charge in [0.05, 0.1) is 10.9 Å². The maximum atomic E-state index is 12.0. The number of hydrogen-bond acceptors (Lipinski definition) is 4. The number of halogens is 1. The van der Waals surface area contributed by atoms with Gasteiger partial charge >= 0.3 is 0 Å². The van der Waals surface area contributed by atoms with E-state index in [1.54, 1.807) is 0 Å². The first kappa shape index (κ1) is 15.9. The van der Waals surface area contributed by atoms with E-state index >= 15 is 0 Å². The topological polar surface area (TPSA) is 101 Å². The van der Waals surface area contributed by atoms with Gasteiger partial charge in [0.2, 0.25) is 15.9 Å². The molecule has 1 amide bonds. The number of amides is 1. The minimum atomic E-state index is -3.75. The largest absolute Gasteiger partial charge is 0.353 e. The van der Waals surface area contributed by atoms with Gasteiger partial charge in [-0.25, -0.2) is 8.42 Å². The van der Waals surface area contributed by atoms with Crippen molar-refractivity contribution in [3.8, 4) is 0 Å². The number of carbonyl (C=O) groups is 1. The molecule has 0 aliphatic carbocycles. The van der Waals surface area contributed by atoms with Gasteiger partial charge in [0.15, 0.2) is 0 Å². The summed E-state index contributed by atoms with van der Waals surface area (Å²) in [7, 11) is -3.75. The number of hydrogen-bond donors (Lipinski definition) is 3. The van der Waals surface area contributed by atoms with Crippen LogP contribution in [0, 0.1) is 0 Å². The van der Waals surface area contributed by atoms with E-state index in [-0.39, 0.29) is 4.90 Å². The summed E-state index contributed by atoms with van der Waals surface area (Å²) in [5.74, 6) is -0.428. The van der Waals surface area contributed by atoms with Crippen molar-refractivity contribution in [3.05, 3.63) is 29.3 Å². The van der Waals surface area contributed by atoms with Gasteiger partial charge in [-0.15, -0.1) is 0 Å². The summed E-state index contributed by atoms with van der Waals surface area (Å²) in [5.41, 5.74) is 5.24. The molecule has 0 bridgehead atoms. The van der Waals surface area contributed by atoms with E-state index in [1.807, 2.05) is 0 Å². The molecule has 19 heavy (non-hydrogen) atoms. The van der Waals surface area contributed by atoms with Crippen LogP contribution < -0.4 is 15.8 Å². The van der Waals surface area contributed by atoms with Gasteiger partial charge in [-0.2, -0.15) is 4.72 Å². The van der Waals surface area contributed by atoms with Crippen LogP contribution >= 0.6 is 11.6 Å². The van der Waals surface area contributed by atoms with Crippen LogP contribution in [-0.2, 0) is 14.8 Å². The Kier molecular flexibility index (Phi) is 5.74. The Morgan fingerprint density at radius 3 is 2.47 bits per heavy atom. The smallest absolute Gasteiger partial charge is 0.241 e. The molecule has 1 atom stereocenters. The fraction of sp³-hybridized carbons (Fsp3) is 0.364. The molecule has 0 aromatic heterocycles. The molecule has 6 nitrogen and oxygen atoms in total. The van der Waals surface area contributed by atoms with Gasteiger partial charge in [0, 0.05) is 18.1 Å². The van der Waals surface area contributed by atoms with Crippen molar-refractivity contribution in [1.29, 1.82) is 0 Å². The van der Waals surface area contributed by atoms with E-state index < -0.39 is 22.0 Å². The molecule has 1 unspecified atom stereocenters. The number of sulfonamides is 1.